The molecule has 0 bridgehead atoms. The number of hydrogen-bond acceptors (Lipinski definition) is 4. The lowest BCUT2D eigenvalue weighted by Gasteiger charge is -2.07. The molecule has 7 nitrogen and oxygen atoms in total. The molecule has 2 aromatic rings. The van der Waals surface area contributed by atoms with E-state index in [1.165, 1.54) is 6.07 Å². The number of aryl methyl sites for hydroxylation is 2. The predicted molar refractivity (Wildman–Crippen MR) is 71.9 cm³/mol. The number of carbonyl (C=O) groups excluding carboxylic acids is 1. The van der Waals surface area contributed by atoms with Crippen LogP contribution in [0.4, 0.5) is 5.69 Å². The average Bonchev–Trinajstić information content (AvgIpc) is 2.89. The predicted octanol–water partition coefficient (Wildman–Crippen LogP) is 1.63. The number of aromatic nitrogens is 3. The van der Waals surface area contributed by atoms with Gasteiger partial charge in [-0.1, -0.05) is 18.6 Å². The lowest BCUT2D eigenvalue weighted by atomic mass is 10.1. The fourth-order valence-electron chi connectivity index (χ4n) is 1.68. The van der Waals surface area contributed by atoms with Crippen molar-refractivity contribution in [2.75, 3.05) is 5.32 Å². The van der Waals surface area contributed by atoms with Crippen molar-refractivity contribution >= 4 is 17.6 Å². The second-order valence-corrected chi connectivity index (χ2v) is 4.27. The summed E-state index contributed by atoms with van der Waals surface area (Å²) in [4.78, 5) is 27.1. The number of aromatic carboxylic acids is 1. The van der Waals surface area contributed by atoms with Gasteiger partial charge in [-0.25, -0.2) is 9.78 Å². The number of carboxylic acid groups (broad SMARTS) is 1. The molecule has 0 aliphatic carbocycles. The fraction of sp³-hybridized carbons (Fsp3) is 0.231. The van der Waals surface area contributed by atoms with Gasteiger partial charge in [0.1, 0.15) is 5.82 Å². The normalized spacial score (nSPS) is 10.3. The summed E-state index contributed by atoms with van der Waals surface area (Å²) in [6, 6.07) is 4.76. The summed E-state index contributed by atoms with van der Waals surface area (Å²) >= 11 is 0. The quantitative estimate of drug-likeness (QED) is 0.785. The van der Waals surface area contributed by atoms with E-state index in [1.807, 2.05) is 6.92 Å². The standard InChI is InChI=1S/C13H14N4O3/c1-3-10-15-11(17-16-10)12(18)14-9-5-4-7(2)6-8(9)13(19)20/h4-6H,3H2,1-2H3,(H,14,18)(H,19,20)(H,15,16,17). The highest BCUT2D eigenvalue weighted by Crippen LogP contribution is 2.18. The van der Waals surface area contributed by atoms with Crippen molar-refractivity contribution in [3.05, 3.63) is 41.0 Å². The molecule has 104 valence electrons. The molecule has 1 aromatic heterocycles. The Balaban J connectivity index is 2.25. The summed E-state index contributed by atoms with van der Waals surface area (Å²) < 4.78 is 0. The fourth-order valence-corrected chi connectivity index (χ4v) is 1.68. The molecule has 0 aliphatic rings. The van der Waals surface area contributed by atoms with Gasteiger partial charge in [-0.2, -0.15) is 0 Å². The maximum Gasteiger partial charge on any atom is 0.337 e. The highest BCUT2D eigenvalue weighted by Gasteiger charge is 2.16. The zero-order valence-electron chi connectivity index (χ0n) is 11.1. The van der Waals surface area contributed by atoms with E-state index in [1.54, 1.807) is 19.1 Å². The summed E-state index contributed by atoms with van der Waals surface area (Å²) in [5, 5.41) is 18.0. The molecule has 0 saturated carbocycles. The maximum atomic E-state index is 12.0. The Morgan fingerprint density at radius 3 is 2.75 bits per heavy atom. The van der Waals surface area contributed by atoms with Crippen molar-refractivity contribution in [1.29, 1.82) is 0 Å². The molecular weight excluding hydrogens is 260 g/mol. The molecule has 0 saturated heterocycles. The van der Waals surface area contributed by atoms with Gasteiger partial charge in [0.05, 0.1) is 11.3 Å². The van der Waals surface area contributed by atoms with Gasteiger partial charge in [0.15, 0.2) is 0 Å². The van der Waals surface area contributed by atoms with Crippen LogP contribution in [0, 0.1) is 6.92 Å². The van der Waals surface area contributed by atoms with Gasteiger partial charge in [-0.3, -0.25) is 9.89 Å². The monoisotopic (exact) mass is 274 g/mol. The summed E-state index contributed by atoms with van der Waals surface area (Å²) in [6.07, 6.45) is 0.630. The molecule has 1 amide bonds. The first-order valence-corrected chi connectivity index (χ1v) is 6.07. The Labute approximate surface area is 115 Å². The minimum atomic E-state index is -1.10. The van der Waals surface area contributed by atoms with Gasteiger partial charge in [-0.15, -0.1) is 5.10 Å². The first kappa shape index (κ1) is 13.7. The van der Waals surface area contributed by atoms with E-state index in [-0.39, 0.29) is 17.1 Å². The zero-order chi connectivity index (χ0) is 14.7. The van der Waals surface area contributed by atoms with Gasteiger partial charge in [0.25, 0.3) is 5.91 Å². The van der Waals surface area contributed by atoms with Crippen molar-refractivity contribution in [3.63, 3.8) is 0 Å². The number of hydrogen-bond donors (Lipinski definition) is 3. The molecule has 0 fully saturated rings. The minimum Gasteiger partial charge on any atom is -0.478 e. The zero-order valence-corrected chi connectivity index (χ0v) is 11.1. The third-order valence-corrected chi connectivity index (χ3v) is 2.72. The van der Waals surface area contributed by atoms with Crippen molar-refractivity contribution in [2.24, 2.45) is 0 Å². The Bertz CT molecular complexity index is 663. The van der Waals surface area contributed by atoms with Crippen LogP contribution in [0.3, 0.4) is 0 Å². The third kappa shape index (κ3) is 2.82. The molecule has 0 radical (unpaired) electrons. The van der Waals surface area contributed by atoms with Crippen molar-refractivity contribution in [2.45, 2.75) is 20.3 Å². The largest absolute Gasteiger partial charge is 0.478 e. The smallest absolute Gasteiger partial charge is 0.337 e. The molecule has 1 aromatic carbocycles. The average molecular weight is 274 g/mol. The van der Waals surface area contributed by atoms with Crippen LogP contribution < -0.4 is 5.32 Å². The number of nitrogens with zero attached hydrogens (tertiary/aromatic N) is 2. The summed E-state index contributed by atoms with van der Waals surface area (Å²) in [5.41, 5.74) is 1.05. The van der Waals surface area contributed by atoms with Crippen LogP contribution in [0.2, 0.25) is 0 Å². The molecule has 0 atom stereocenters. The van der Waals surface area contributed by atoms with Crippen LogP contribution in [0.5, 0.6) is 0 Å². The minimum absolute atomic E-state index is 0.0150. The second-order valence-electron chi connectivity index (χ2n) is 4.27. The van der Waals surface area contributed by atoms with E-state index in [0.29, 0.717) is 12.2 Å². The van der Waals surface area contributed by atoms with Crippen LogP contribution in [-0.2, 0) is 6.42 Å². The van der Waals surface area contributed by atoms with Gasteiger partial charge < -0.3 is 10.4 Å². The van der Waals surface area contributed by atoms with Crippen LogP contribution in [0.25, 0.3) is 0 Å². The number of benzene rings is 1. The van der Waals surface area contributed by atoms with Crippen LogP contribution in [-0.4, -0.2) is 32.2 Å². The van der Waals surface area contributed by atoms with E-state index in [2.05, 4.69) is 20.5 Å². The Kier molecular flexibility index (Phi) is 3.79. The third-order valence-electron chi connectivity index (χ3n) is 2.72. The van der Waals surface area contributed by atoms with Gasteiger partial charge in [-0.05, 0) is 19.1 Å². The maximum absolute atomic E-state index is 12.0. The number of anilines is 1. The molecule has 1 heterocycles. The van der Waals surface area contributed by atoms with Crippen LogP contribution >= 0.6 is 0 Å². The van der Waals surface area contributed by atoms with Gasteiger partial charge in [0.2, 0.25) is 5.82 Å². The SMILES string of the molecule is CCc1nc(C(=O)Nc2ccc(C)cc2C(=O)O)n[nH]1. The Morgan fingerprint density at radius 2 is 2.15 bits per heavy atom. The van der Waals surface area contributed by atoms with Crippen molar-refractivity contribution in [3.8, 4) is 0 Å². The first-order chi connectivity index (χ1) is 9.51. The highest BCUT2D eigenvalue weighted by molar-refractivity contribution is 6.05. The van der Waals surface area contributed by atoms with Crippen molar-refractivity contribution in [1.82, 2.24) is 15.2 Å². The molecule has 0 spiro atoms. The van der Waals surface area contributed by atoms with Gasteiger partial charge >= 0.3 is 5.97 Å². The van der Waals surface area contributed by atoms with E-state index < -0.39 is 11.9 Å². The molecule has 0 unspecified atom stereocenters. The highest BCUT2D eigenvalue weighted by atomic mass is 16.4. The number of carboxylic acids is 1. The summed E-state index contributed by atoms with van der Waals surface area (Å²) in [6.45, 7) is 3.66. The second kappa shape index (κ2) is 5.52. The molecule has 3 N–H and O–H groups in total. The summed E-state index contributed by atoms with van der Waals surface area (Å²) in [5.74, 6) is -1.07. The lowest BCUT2D eigenvalue weighted by molar-refractivity contribution is 0.0698. The molecule has 20 heavy (non-hydrogen) atoms. The number of aromatic amines is 1. The molecule has 0 aliphatic heterocycles. The van der Waals surface area contributed by atoms with Crippen LogP contribution in [0.15, 0.2) is 18.2 Å². The lowest BCUT2D eigenvalue weighted by Crippen LogP contribution is -2.16. The molecular formula is C13H14N4O3. The Morgan fingerprint density at radius 1 is 1.40 bits per heavy atom. The summed E-state index contributed by atoms with van der Waals surface area (Å²) in [7, 11) is 0. The number of amides is 1. The van der Waals surface area contributed by atoms with Crippen LogP contribution in [0.1, 0.15) is 39.3 Å². The van der Waals surface area contributed by atoms with E-state index in [9.17, 15) is 9.59 Å². The van der Waals surface area contributed by atoms with E-state index >= 15 is 0 Å². The number of H-pyrrole nitrogens is 1. The van der Waals surface area contributed by atoms with E-state index in [4.69, 9.17) is 5.11 Å². The first-order valence-electron chi connectivity index (χ1n) is 6.07. The number of nitrogens with one attached hydrogen (secondary N) is 2. The van der Waals surface area contributed by atoms with Gasteiger partial charge in [0, 0.05) is 6.42 Å². The topological polar surface area (TPSA) is 108 Å². The molecule has 7 heteroatoms. The molecule has 2 rings (SSSR count). The number of rotatable bonds is 4. The number of carbonyl (C=O) groups is 2. The van der Waals surface area contributed by atoms with Crippen molar-refractivity contribution < 1.29 is 14.7 Å². The van der Waals surface area contributed by atoms with E-state index in [0.717, 1.165) is 5.56 Å². The Hall–Kier alpha value is -2.70.